The maximum atomic E-state index is 14.1. The Morgan fingerprint density at radius 3 is 2.90 bits per heavy atom. The van der Waals surface area contributed by atoms with Crippen molar-refractivity contribution in [3.05, 3.63) is 52.9 Å². The van der Waals surface area contributed by atoms with E-state index in [9.17, 15) is 14.0 Å². The molecule has 4 rings (SSSR count). The van der Waals surface area contributed by atoms with Gasteiger partial charge in [-0.25, -0.2) is 9.07 Å². The number of benzene rings is 1. The maximum Gasteiger partial charge on any atom is 0.272 e. The minimum Gasteiger partial charge on any atom is -0.364 e. The van der Waals surface area contributed by atoms with E-state index in [1.807, 2.05) is 6.07 Å². The molecule has 0 radical (unpaired) electrons. The van der Waals surface area contributed by atoms with Gasteiger partial charge in [0.05, 0.1) is 31.0 Å². The van der Waals surface area contributed by atoms with E-state index in [0.29, 0.717) is 10.7 Å². The summed E-state index contributed by atoms with van der Waals surface area (Å²) in [6, 6.07) is 8.26. The van der Waals surface area contributed by atoms with Crippen LogP contribution in [0.4, 0.5) is 4.39 Å². The maximum absolute atomic E-state index is 14.1. The van der Waals surface area contributed by atoms with Crippen LogP contribution >= 0.6 is 11.6 Å². The molecule has 2 aromatic heterocycles. The summed E-state index contributed by atoms with van der Waals surface area (Å²) in [5.41, 5.74) is 6.75. The SMILES string of the molecule is NC(=O)c1cn(CC2CC(F)CN2C(=O)c2cc(-c3cccc(Cl)c3)n[nH]2)nn1. The molecule has 2 atom stereocenters. The van der Waals surface area contributed by atoms with Crippen molar-refractivity contribution in [2.75, 3.05) is 6.54 Å². The number of rotatable bonds is 5. The molecule has 1 aliphatic heterocycles. The van der Waals surface area contributed by atoms with E-state index in [0.717, 1.165) is 5.56 Å². The van der Waals surface area contributed by atoms with Gasteiger partial charge >= 0.3 is 0 Å². The molecule has 29 heavy (non-hydrogen) atoms. The molecule has 11 heteroatoms. The van der Waals surface area contributed by atoms with Crippen molar-refractivity contribution in [1.82, 2.24) is 30.1 Å². The molecule has 1 aromatic carbocycles. The number of aromatic amines is 1. The first-order valence-electron chi connectivity index (χ1n) is 8.87. The Labute approximate surface area is 169 Å². The van der Waals surface area contributed by atoms with E-state index in [2.05, 4.69) is 20.5 Å². The first kappa shape index (κ1) is 19.1. The smallest absolute Gasteiger partial charge is 0.272 e. The summed E-state index contributed by atoms with van der Waals surface area (Å²) in [6.45, 7) is 0.161. The second-order valence-electron chi connectivity index (χ2n) is 6.81. The molecule has 3 heterocycles. The minimum atomic E-state index is -1.15. The molecule has 150 valence electrons. The molecule has 3 N–H and O–H groups in total. The van der Waals surface area contributed by atoms with Crippen LogP contribution in [0.1, 0.15) is 27.4 Å². The van der Waals surface area contributed by atoms with Crippen LogP contribution in [0.2, 0.25) is 5.02 Å². The van der Waals surface area contributed by atoms with Crippen molar-refractivity contribution in [2.24, 2.45) is 5.73 Å². The van der Waals surface area contributed by atoms with Gasteiger partial charge in [0, 0.05) is 17.0 Å². The highest BCUT2D eigenvalue weighted by molar-refractivity contribution is 6.30. The number of nitrogens with two attached hydrogens (primary N) is 1. The summed E-state index contributed by atoms with van der Waals surface area (Å²) >= 11 is 6.00. The average molecular weight is 418 g/mol. The van der Waals surface area contributed by atoms with E-state index in [1.54, 1.807) is 24.3 Å². The van der Waals surface area contributed by atoms with Crippen LogP contribution in [0.25, 0.3) is 11.3 Å². The Kier molecular flexibility index (Phi) is 5.01. The number of nitrogens with zero attached hydrogens (tertiary/aromatic N) is 5. The normalized spacial score (nSPS) is 18.9. The van der Waals surface area contributed by atoms with E-state index in [1.165, 1.54) is 15.8 Å². The quantitative estimate of drug-likeness (QED) is 0.653. The Morgan fingerprint density at radius 1 is 1.34 bits per heavy atom. The van der Waals surface area contributed by atoms with E-state index in [4.69, 9.17) is 17.3 Å². The number of halogens is 2. The lowest BCUT2D eigenvalue weighted by Gasteiger charge is -2.23. The summed E-state index contributed by atoms with van der Waals surface area (Å²) < 4.78 is 15.5. The molecule has 1 saturated heterocycles. The Bertz CT molecular complexity index is 1070. The van der Waals surface area contributed by atoms with Gasteiger partial charge in [-0.3, -0.25) is 14.7 Å². The number of carbonyl (C=O) groups is 2. The summed E-state index contributed by atoms with van der Waals surface area (Å²) in [7, 11) is 0. The number of likely N-dealkylation sites (tertiary alicyclic amines) is 1. The molecular formula is C18H17ClFN7O2. The summed E-state index contributed by atoms with van der Waals surface area (Å²) in [6.07, 6.45) is 0.384. The fraction of sp³-hybridized carbons (Fsp3) is 0.278. The van der Waals surface area contributed by atoms with Crippen LogP contribution in [0.15, 0.2) is 36.5 Å². The van der Waals surface area contributed by atoms with Crippen LogP contribution in [-0.2, 0) is 6.54 Å². The number of H-pyrrole nitrogens is 1. The van der Waals surface area contributed by atoms with Crippen LogP contribution < -0.4 is 5.73 Å². The van der Waals surface area contributed by atoms with Gasteiger partial charge in [0.1, 0.15) is 11.9 Å². The third kappa shape index (κ3) is 3.97. The number of alkyl halides is 1. The number of hydrogen-bond donors (Lipinski definition) is 2. The van der Waals surface area contributed by atoms with Gasteiger partial charge in [0.2, 0.25) is 0 Å². The monoisotopic (exact) mass is 417 g/mol. The lowest BCUT2D eigenvalue weighted by atomic mass is 10.1. The molecule has 0 spiro atoms. The molecule has 1 fully saturated rings. The van der Waals surface area contributed by atoms with E-state index < -0.39 is 18.1 Å². The van der Waals surface area contributed by atoms with Gasteiger partial charge in [0.25, 0.3) is 11.8 Å². The van der Waals surface area contributed by atoms with Crippen LogP contribution in [0.5, 0.6) is 0 Å². The average Bonchev–Trinajstić information content (AvgIpc) is 3.41. The molecule has 2 amide bonds. The number of nitrogens with one attached hydrogen (secondary N) is 1. The molecule has 0 saturated carbocycles. The van der Waals surface area contributed by atoms with Crippen LogP contribution in [0, 0.1) is 0 Å². The van der Waals surface area contributed by atoms with E-state index >= 15 is 0 Å². The number of carbonyl (C=O) groups excluding carboxylic acids is 2. The number of hydrogen-bond acceptors (Lipinski definition) is 5. The third-order valence-electron chi connectivity index (χ3n) is 4.74. The molecule has 1 aliphatic rings. The van der Waals surface area contributed by atoms with Gasteiger partial charge in [0.15, 0.2) is 5.69 Å². The second-order valence-corrected chi connectivity index (χ2v) is 7.25. The minimum absolute atomic E-state index is 0.0115. The zero-order valence-corrected chi connectivity index (χ0v) is 15.9. The van der Waals surface area contributed by atoms with Gasteiger partial charge in [-0.2, -0.15) is 5.10 Å². The second kappa shape index (κ2) is 7.63. The van der Waals surface area contributed by atoms with E-state index in [-0.39, 0.29) is 36.8 Å². The first-order valence-corrected chi connectivity index (χ1v) is 9.25. The van der Waals surface area contributed by atoms with Gasteiger partial charge in [-0.05, 0) is 18.2 Å². The lowest BCUT2D eigenvalue weighted by Crippen LogP contribution is -2.38. The van der Waals surface area contributed by atoms with Crippen molar-refractivity contribution in [2.45, 2.75) is 25.2 Å². The molecular weight excluding hydrogens is 401 g/mol. The number of amides is 2. The van der Waals surface area contributed by atoms with Crippen LogP contribution in [-0.4, -0.2) is 60.7 Å². The molecule has 0 bridgehead atoms. The van der Waals surface area contributed by atoms with Crippen molar-refractivity contribution in [1.29, 1.82) is 0 Å². The number of primary amides is 1. The predicted octanol–water partition coefficient (Wildman–Crippen LogP) is 1.67. The number of aromatic nitrogens is 5. The molecule has 3 aromatic rings. The van der Waals surface area contributed by atoms with Crippen molar-refractivity contribution < 1.29 is 14.0 Å². The molecule has 9 nitrogen and oxygen atoms in total. The predicted molar refractivity (Wildman–Crippen MR) is 102 cm³/mol. The standard InChI is InChI=1S/C18H17ClFN7O2/c19-11-3-1-2-10(4-11)14-6-15(23-22-14)18(29)27-7-12(20)5-13(27)8-26-9-16(17(21)28)24-25-26/h1-4,6,9,12-13H,5,7-8H2,(H2,21,28)(H,22,23). The van der Waals surface area contributed by atoms with Gasteiger partial charge in [-0.1, -0.05) is 28.9 Å². The highest BCUT2D eigenvalue weighted by Gasteiger charge is 2.37. The molecule has 2 unspecified atom stereocenters. The summed E-state index contributed by atoms with van der Waals surface area (Å²) in [5.74, 6) is -1.07. The van der Waals surface area contributed by atoms with Crippen molar-refractivity contribution in [3.63, 3.8) is 0 Å². The fourth-order valence-corrected chi connectivity index (χ4v) is 3.57. The fourth-order valence-electron chi connectivity index (χ4n) is 3.38. The van der Waals surface area contributed by atoms with Gasteiger partial charge < -0.3 is 10.6 Å². The largest absolute Gasteiger partial charge is 0.364 e. The molecule has 0 aliphatic carbocycles. The highest BCUT2D eigenvalue weighted by atomic mass is 35.5. The topological polar surface area (TPSA) is 123 Å². The van der Waals surface area contributed by atoms with Crippen LogP contribution in [0.3, 0.4) is 0 Å². The highest BCUT2D eigenvalue weighted by Crippen LogP contribution is 2.26. The van der Waals surface area contributed by atoms with Crippen molar-refractivity contribution in [3.8, 4) is 11.3 Å². The first-order chi connectivity index (χ1) is 13.9. The zero-order valence-electron chi connectivity index (χ0n) is 15.1. The third-order valence-corrected chi connectivity index (χ3v) is 4.98. The Balaban J connectivity index is 1.52. The zero-order chi connectivity index (χ0) is 20.5. The summed E-state index contributed by atoms with van der Waals surface area (Å²) in [5, 5.41) is 14.9. The summed E-state index contributed by atoms with van der Waals surface area (Å²) in [4.78, 5) is 25.6. The van der Waals surface area contributed by atoms with Crippen molar-refractivity contribution >= 4 is 23.4 Å². The lowest BCUT2D eigenvalue weighted by molar-refractivity contribution is 0.0708. The Morgan fingerprint density at radius 2 is 2.17 bits per heavy atom. The Hall–Kier alpha value is -3.27. The van der Waals surface area contributed by atoms with Gasteiger partial charge in [-0.15, -0.1) is 5.10 Å².